The molecule has 234 valence electrons. The van der Waals surface area contributed by atoms with Crippen LogP contribution in [0.5, 0.6) is 0 Å². The van der Waals surface area contributed by atoms with Gasteiger partial charge < -0.3 is 13.9 Å². The average molecular weight is 655 g/mol. The van der Waals surface area contributed by atoms with E-state index in [-0.39, 0.29) is 35.7 Å². The maximum absolute atomic E-state index is 13.4. The predicted octanol–water partition coefficient (Wildman–Crippen LogP) is 5.91. The van der Waals surface area contributed by atoms with Gasteiger partial charge in [0.15, 0.2) is 11.7 Å². The topological polar surface area (TPSA) is 131 Å². The van der Waals surface area contributed by atoms with Crippen LogP contribution in [0.3, 0.4) is 0 Å². The van der Waals surface area contributed by atoms with Gasteiger partial charge in [0.05, 0.1) is 31.9 Å². The number of sulfonamides is 1. The fraction of sp³-hybridized carbons (Fsp3) is 0.152. The summed E-state index contributed by atoms with van der Waals surface area (Å²) in [5, 5.41) is 2.91. The molecule has 3 aromatic carbocycles. The van der Waals surface area contributed by atoms with Crippen molar-refractivity contribution in [3.05, 3.63) is 114 Å². The largest absolute Gasteiger partial charge is 0.440 e. The number of aryl methyl sites for hydroxylation is 1. The number of benzene rings is 3. The number of imidazole rings is 1. The second kappa shape index (κ2) is 12.7. The monoisotopic (exact) mass is 654 g/mol. The number of anilines is 2. The summed E-state index contributed by atoms with van der Waals surface area (Å²) >= 11 is 1.25. The molecule has 0 aliphatic rings. The van der Waals surface area contributed by atoms with Gasteiger partial charge in [-0.2, -0.15) is 4.31 Å². The van der Waals surface area contributed by atoms with Crippen LogP contribution in [0.2, 0.25) is 0 Å². The number of rotatable bonds is 10. The molecule has 1 N–H and O–H groups in total. The zero-order valence-electron chi connectivity index (χ0n) is 25.2. The second-order valence-corrected chi connectivity index (χ2v) is 13.6. The Labute approximate surface area is 269 Å². The lowest BCUT2D eigenvalue weighted by atomic mass is 10.2. The van der Waals surface area contributed by atoms with Crippen LogP contribution >= 0.6 is 11.3 Å². The first kappa shape index (κ1) is 30.9. The Morgan fingerprint density at radius 1 is 0.957 bits per heavy atom. The molecular weight excluding hydrogens is 625 g/mol. The van der Waals surface area contributed by atoms with Crippen LogP contribution in [0.1, 0.15) is 25.9 Å². The third kappa shape index (κ3) is 6.20. The maximum Gasteiger partial charge on any atom is 0.268 e. The van der Waals surface area contributed by atoms with Gasteiger partial charge in [-0.15, -0.1) is 11.3 Å². The lowest BCUT2D eigenvalue weighted by molar-refractivity contribution is 0.0991. The van der Waals surface area contributed by atoms with Crippen LogP contribution in [0.15, 0.2) is 107 Å². The molecule has 0 spiro atoms. The van der Waals surface area contributed by atoms with Gasteiger partial charge in [-0.3, -0.25) is 14.9 Å². The Hall–Kier alpha value is -5.11. The number of fused-ring (bicyclic) bond motifs is 1. The smallest absolute Gasteiger partial charge is 0.268 e. The van der Waals surface area contributed by atoms with Crippen molar-refractivity contribution in [2.75, 3.05) is 30.9 Å². The van der Waals surface area contributed by atoms with Gasteiger partial charge in [0, 0.05) is 45.4 Å². The van der Waals surface area contributed by atoms with Crippen LogP contribution in [0, 0.1) is 6.92 Å². The van der Waals surface area contributed by atoms with Crippen molar-refractivity contribution in [1.82, 2.24) is 18.8 Å². The third-order valence-electron chi connectivity index (χ3n) is 7.45. The number of nitrogens with zero attached hydrogens (tertiary/aromatic N) is 5. The average Bonchev–Trinajstić information content (AvgIpc) is 3.82. The highest BCUT2D eigenvalue weighted by Crippen LogP contribution is 2.30. The number of likely N-dealkylation sites (N-methyl/N-ethyl adjacent to an activating group) is 1. The molecule has 0 atom stereocenters. The molecule has 6 aromatic rings. The van der Waals surface area contributed by atoms with Crippen LogP contribution in [0.4, 0.5) is 11.6 Å². The minimum absolute atomic E-state index is 0.105. The first-order valence-corrected chi connectivity index (χ1v) is 16.6. The van der Waals surface area contributed by atoms with Gasteiger partial charge in [-0.1, -0.05) is 36.4 Å². The molecule has 0 unspecified atom stereocenters. The van der Waals surface area contributed by atoms with Crippen LogP contribution in [-0.4, -0.2) is 59.7 Å². The van der Waals surface area contributed by atoms with Gasteiger partial charge in [0.25, 0.3) is 11.8 Å². The molecule has 0 aliphatic heterocycles. The number of nitrogens with one attached hydrogen (secondary N) is 1. The van der Waals surface area contributed by atoms with Crippen molar-refractivity contribution in [3.63, 3.8) is 0 Å². The molecule has 0 fully saturated rings. The highest BCUT2D eigenvalue weighted by atomic mass is 32.2. The number of carbonyl (C=O) groups is 2. The number of hydrogen-bond donors (Lipinski definition) is 1. The summed E-state index contributed by atoms with van der Waals surface area (Å²) in [7, 11) is -0.546. The molecule has 0 saturated heterocycles. The normalized spacial score (nSPS) is 11.7. The minimum Gasteiger partial charge on any atom is -0.440 e. The molecule has 6 rings (SSSR count). The molecule has 3 aromatic heterocycles. The summed E-state index contributed by atoms with van der Waals surface area (Å²) in [6, 6.07) is 26.0. The van der Waals surface area contributed by atoms with E-state index in [4.69, 9.17) is 9.40 Å². The molecule has 3 heterocycles. The van der Waals surface area contributed by atoms with E-state index in [1.807, 2.05) is 12.1 Å². The number of oxazole rings is 1. The molecule has 0 bridgehead atoms. The fourth-order valence-corrected chi connectivity index (χ4v) is 6.94. The Bertz CT molecular complexity index is 2140. The molecule has 2 amide bonds. The van der Waals surface area contributed by atoms with Gasteiger partial charge in [-0.05, 0) is 54.6 Å². The van der Waals surface area contributed by atoms with E-state index in [1.165, 1.54) is 27.6 Å². The number of amides is 2. The Balaban J connectivity index is 1.31. The Kier molecular flexibility index (Phi) is 8.54. The fourth-order valence-electron chi connectivity index (χ4n) is 4.90. The second-order valence-electron chi connectivity index (χ2n) is 10.5. The van der Waals surface area contributed by atoms with Crippen molar-refractivity contribution in [2.24, 2.45) is 0 Å². The van der Waals surface area contributed by atoms with Crippen LogP contribution < -0.4 is 10.2 Å². The molecule has 11 nitrogen and oxygen atoms in total. The van der Waals surface area contributed by atoms with E-state index in [0.29, 0.717) is 38.8 Å². The SMILES string of the molecule is Cc1ncc(-c2ccc(C(=O)Nc3nc4cc(N(C)C(=O)c5ccccc5)ccc4n3CCN(C)S(=O)(=O)c3ccccc3)s2)o1. The molecular formula is C33H30N6O5S2. The highest BCUT2D eigenvalue weighted by molar-refractivity contribution is 7.89. The maximum atomic E-state index is 13.4. The minimum atomic E-state index is -3.74. The summed E-state index contributed by atoms with van der Waals surface area (Å²) in [4.78, 5) is 38.3. The molecule has 0 saturated carbocycles. The summed E-state index contributed by atoms with van der Waals surface area (Å²) in [5.41, 5.74) is 2.34. The van der Waals surface area contributed by atoms with Gasteiger partial charge in [0.1, 0.15) is 0 Å². The third-order valence-corrected chi connectivity index (χ3v) is 10.4. The van der Waals surface area contributed by atoms with Crippen molar-refractivity contribution >= 4 is 55.8 Å². The van der Waals surface area contributed by atoms with Crippen LogP contribution in [0.25, 0.3) is 21.7 Å². The van der Waals surface area contributed by atoms with Crippen molar-refractivity contribution < 1.29 is 22.4 Å². The van der Waals surface area contributed by atoms with Crippen LogP contribution in [-0.2, 0) is 16.6 Å². The lowest BCUT2D eigenvalue weighted by Crippen LogP contribution is -2.30. The number of carbonyl (C=O) groups excluding carboxylic acids is 2. The molecule has 46 heavy (non-hydrogen) atoms. The summed E-state index contributed by atoms with van der Waals surface area (Å²) < 4.78 is 35.0. The molecule has 13 heteroatoms. The Morgan fingerprint density at radius 2 is 1.67 bits per heavy atom. The summed E-state index contributed by atoms with van der Waals surface area (Å²) in [6.07, 6.45) is 1.61. The lowest BCUT2D eigenvalue weighted by Gasteiger charge is -2.19. The predicted molar refractivity (Wildman–Crippen MR) is 178 cm³/mol. The molecule has 0 radical (unpaired) electrons. The first-order valence-electron chi connectivity index (χ1n) is 14.3. The van der Waals surface area contributed by atoms with E-state index >= 15 is 0 Å². The van der Waals surface area contributed by atoms with Crippen molar-refractivity contribution in [2.45, 2.75) is 18.4 Å². The van der Waals surface area contributed by atoms with E-state index in [2.05, 4.69) is 10.3 Å². The van der Waals surface area contributed by atoms with Crippen molar-refractivity contribution in [1.29, 1.82) is 0 Å². The van der Waals surface area contributed by atoms with E-state index in [9.17, 15) is 18.0 Å². The van der Waals surface area contributed by atoms with Crippen molar-refractivity contribution in [3.8, 4) is 10.6 Å². The Morgan fingerprint density at radius 3 is 2.37 bits per heavy atom. The van der Waals surface area contributed by atoms with Gasteiger partial charge in [-0.25, -0.2) is 18.4 Å². The number of aromatic nitrogens is 3. The quantitative estimate of drug-likeness (QED) is 0.194. The number of hydrogen-bond acceptors (Lipinski definition) is 8. The standard InChI is InChI=1S/C33H30N6O5S2/c1-22-34-21-28(44-22)29-16-17-30(45-29)31(40)36-33-35-26-20-24(38(3)32(41)23-10-6-4-7-11-23)14-15-27(26)39(33)19-18-37(2)46(42,43)25-12-8-5-9-13-25/h4-17,20-21H,18-19H2,1-3H3,(H,35,36,40). The first-order chi connectivity index (χ1) is 22.1. The van der Waals surface area contributed by atoms with Gasteiger partial charge in [0.2, 0.25) is 16.0 Å². The number of thiophene rings is 1. The van der Waals surface area contributed by atoms with E-state index < -0.39 is 10.0 Å². The zero-order chi connectivity index (χ0) is 32.4. The summed E-state index contributed by atoms with van der Waals surface area (Å²) in [5.74, 6) is 0.767. The highest BCUT2D eigenvalue weighted by Gasteiger charge is 2.23. The zero-order valence-corrected chi connectivity index (χ0v) is 26.9. The summed E-state index contributed by atoms with van der Waals surface area (Å²) in [6.45, 7) is 2.05. The molecule has 0 aliphatic carbocycles. The van der Waals surface area contributed by atoms with E-state index in [0.717, 1.165) is 4.88 Å². The van der Waals surface area contributed by atoms with E-state index in [1.54, 1.807) is 104 Å². The van der Waals surface area contributed by atoms with Gasteiger partial charge >= 0.3 is 0 Å².